The molecule has 0 atom stereocenters. The van der Waals surface area contributed by atoms with Crippen LogP contribution in [0.4, 0.5) is 0 Å². The highest BCUT2D eigenvalue weighted by atomic mass is 28.4. The molecule has 190 valence electrons. The molecule has 0 fully saturated rings. The summed E-state index contributed by atoms with van der Waals surface area (Å²) in [4.78, 5) is 0. The molecular weight excluding hydrogens is 428 g/mol. The van der Waals surface area contributed by atoms with E-state index in [9.17, 15) is 0 Å². The standard InChI is InChI=1S/C13H30O3Si.C10H24O3Si/c1-5-9-10-11-12-13-17(14-6-2,15-7-3)16-8-4;1-5-6-7-8-9-10-14(11-2,12-3)13-4/h5-13H2,1-4H3;5-10H2,1-4H3. The van der Waals surface area contributed by atoms with Crippen molar-refractivity contribution >= 4 is 17.6 Å². The molecule has 0 amide bonds. The first kappa shape index (κ1) is 33.4. The summed E-state index contributed by atoms with van der Waals surface area (Å²) in [6.45, 7) is 12.5. The predicted molar refractivity (Wildman–Crippen MR) is 135 cm³/mol. The quantitative estimate of drug-likeness (QED) is 0.132. The molecule has 0 aromatic carbocycles. The zero-order chi connectivity index (χ0) is 23.8. The van der Waals surface area contributed by atoms with E-state index in [4.69, 9.17) is 26.6 Å². The van der Waals surface area contributed by atoms with E-state index < -0.39 is 17.6 Å². The predicted octanol–water partition coefficient (Wildman–Crippen LogP) is 6.84. The van der Waals surface area contributed by atoms with Gasteiger partial charge in [0, 0.05) is 53.2 Å². The monoisotopic (exact) mass is 482 g/mol. The summed E-state index contributed by atoms with van der Waals surface area (Å²) < 4.78 is 33.4. The van der Waals surface area contributed by atoms with E-state index in [0.29, 0.717) is 19.8 Å². The summed E-state index contributed by atoms with van der Waals surface area (Å²) in [5.74, 6) is 0. The van der Waals surface area contributed by atoms with Gasteiger partial charge in [-0.15, -0.1) is 0 Å². The molecule has 0 saturated carbocycles. The topological polar surface area (TPSA) is 55.4 Å². The lowest BCUT2D eigenvalue weighted by Crippen LogP contribution is -2.45. The summed E-state index contributed by atoms with van der Waals surface area (Å²) in [5, 5.41) is 0. The maximum Gasteiger partial charge on any atom is 0.500 e. The van der Waals surface area contributed by atoms with Gasteiger partial charge >= 0.3 is 17.6 Å². The Morgan fingerprint density at radius 1 is 0.419 bits per heavy atom. The van der Waals surface area contributed by atoms with Gasteiger partial charge in [0.25, 0.3) is 0 Å². The average molecular weight is 483 g/mol. The van der Waals surface area contributed by atoms with Gasteiger partial charge in [-0.25, -0.2) is 0 Å². The van der Waals surface area contributed by atoms with Crippen molar-refractivity contribution in [2.75, 3.05) is 41.2 Å². The number of unbranched alkanes of at least 4 members (excludes halogenated alkanes) is 8. The fourth-order valence-electron chi connectivity index (χ4n) is 3.45. The van der Waals surface area contributed by atoms with Crippen molar-refractivity contribution in [3.05, 3.63) is 0 Å². The van der Waals surface area contributed by atoms with E-state index in [1.807, 2.05) is 20.8 Å². The minimum atomic E-state index is -2.36. The van der Waals surface area contributed by atoms with Gasteiger partial charge in [-0.05, 0) is 33.6 Å². The lowest BCUT2D eigenvalue weighted by molar-refractivity contribution is 0.0706. The van der Waals surface area contributed by atoms with Crippen LogP contribution in [0.5, 0.6) is 0 Å². The number of rotatable bonds is 21. The molecule has 0 aromatic rings. The molecule has 0 radical (unpaired) electrons. The molecule has 0 aliphatic rings. The van der Waals surface area contributed by atoms with E-state index >= 15 is 0 Å². The highest BCUT2D eigenvalue weighted by molar-refractivity contribution is 6.61. The summed E-state index contributed by atoms with van der Waals surface area (Å²) in [5.41, 5.74) is 0. The van der Waals surface area contributed by atoms with Crippen molar-refractivity contribution in [3.63, 3.8) is 0 Å². The Morgan fingerprint density at radius 2 is 0.742 bits per heavy atom. The van der Waals surface area contributed by atoms with Crippen LogP contribution in [0, 0.1) is 0 Å². The summed E-state index contributed by atoms with van der Waals surface area (Å²) in [6, 6.07) is 1.90. The van der Waals surface area contributed by atoms with E-state index in [2.05, 4.69) is 13.8 Å². The molecule has 0 saturated heterocycles. The van der Waals surface area contributed by atoms with Crippen molar-refractivity contribution in [2.45, 2.75) is 111 Å². The Labute approximate surface area is 196 Å². The van der Waals surface area contributed by atoms with Crippen LogP contribution >= 0.6 is 0 Å². The second-order valence-corrected chi connectivity index (χ2v) is 13.4. The number of hydrogen-bond acceptors (Lipinski definition) is 6. The van der Waals surface area contributed by atoms with Crippen LogP contribution in [0.15, 0.2) is 0 Å². The minimum absolute atomic E-state index is 0.682. The van der Waals surface area contributed by atoms with Crippen LogP contribution in [0.25, 0.3) is 0 Å². The third kappa shape index (κ3) is 17.3. The Bertz CT molecular complexity index is 332. The SMILES string of the molecule is CCCCCCC[Si](OC)(OC)OC.CCCCCCC[Si](OCC)(OCC)OCC. The molecule has 0 rings (SSSR count). The fourth-order valence-corrected chi connectivity index (χ4v) is 7.93. The van der Waals surface area contributed by atoms with Crippen molar-refractivity contribution in [1.29, 1.82) is 0 Å². The van der Waals surface area contributed by atoms with Crippen molar-refractivity contribution < 1.29 is 26.6 Å². The summed E-state index contributed by atoms with van der Waals surface area (Å²) in [6.07, 6.45) is 12.6. The van der Waals surface area contributed by atoms with Gasteiger partial charge in [0.1, 0.15) is 0 Å². The first-order chi connectivity index (χ1) is 15.0. The largest absolute Gasteiger partial charge is 0.500 e. The lowest BCUT2D eigenvalue weighted by Gasteiger charge is -2.28. The van der Waals surface area contributed by atoms with E-state index in [0.717, 1.165) is 24.9 Å². The van der Waals surface area contributed by atoms with E-state index in [1.165, 1.54) is 51.4 Å². The molecule has 31 heavy (non-hydrogen) atoms. The molecule has 0 heterocycles. The maximum absolute atomic E-state index is 5.81. The van der Waals surface area contributed by atoms with Crippen LogP contribution in [0.1, 0.15) is 98.8 Å². The van der Waals surface area contributed by atoms with Gasteiger partial charge in [-0.3, -0.25) is 0 Å². The lowest BCUT2D eigenvalue weighted by atomic mass is 10.2. The van der Waals surface area contributed by atoms with Gasteiger partial charge in [0.2, 0.25) is 0 Å². The molecule has 0 bridgehead atoms. The molecule has 0 aliphatic carbocycles. The normalized spacial score (nSPS) is 12.0. The molecule has 8 heteroatoms. The second kappa shape index (κ2) is 23.4. The minimum Gasteiger partial charge on any atom is -0.377 e. The van der Waals surface area contributed by atoms with Crippen LogP contribution in [0.3, 0.4) is 0 Å². The third-order valence-corrected chi connectivity index (χ3v) is 11.2. The van der Waals surface area contributed by atoms with Crippen LogP contribution < -0.4 is 0 Å². The molecule has 6 nitrogen and oxygen atoms in total. The molecule has 0 unspecified atom stereocenters. The van der Waals surface area contributed by atoms with Crippen molar-refractivity contribution in [1.82, 2.24) is 0 Å². The Kier molecular flexibility index (Phi) is 25.1. The van der Waals surface area contributed by atoms with Crippen molar-refractivity contribution in [3.8, 4) is 0 Å². The Balaban J connectivity index is 0. The van der Waals surface area contributed by atoms with Crippen LogP contribution in [-0.4, -0.2) is 58.8 Å². The van der Waals surface area contributed by atoms with Gasteiger partial charge in [-0.2, -0.15) is 0 Å². The zero-order valence-corrected chi connectivity index (χ0v) is 24.1. The molecule has 0 aliphatic heterocycles. The Morgan fingerprint density at radius 3 is 1.03 bits per heavy atom. The Hall–Kier alpha value is 0.194. The molecular formula is C23H54O6Si2. The first-order valence-corrected chi connectivity index (χ1v) is 16.4. The first-order valence-electron chi connectivity index (χ1n) is 12.6. The highest BCUT2D eigenvalue weighted by Crippen LogP contribution is 2.20. The van der Waals surface area contributed by atoms with Crippen LogP contribution in [0.2, 0.25) is 12.1 Å². The second-order valence-electron chi connectivity index (χ2n) is 7.61. The summed E-state index contributed by atoms with van der Waals surface area (Å²) >= 11 is 0. The van der Waals surface area contributed by atoms with Crippen LogP contribution in [-0.2, 0) is 26.6 Å². The number of hydrogen-bond donors (Lipinski definition) is 0. The molecule has 0 N–H and O–H groups in total. The van der Waals surface area contributed by atoms with Gasteiger partial charge in [-0.1, -0.05) is 65.2 Å². The summed E-state index contributed by atoms with van der Waals surface area (Å²) in [7, 11) is 0.382. The van der Waals surface area contributed by atoms with Gasteiger partial charge < -0.3 is 26.6 Å². The average Bonchev–Trinajstić information content (AvgIpc) is 2.78. The third-order valence-electron chi connectivity index (χ3n) is 5.20. The van der Waals surface area contributed by atoms with E-state index in [-0.39, 0.29) is 0 Å². The van der Waals surface area contributed by atoms with Gasteiger partial charge in [0.15, 0.2) is 0 Å². The maximum atomic E-state index is 5.81. The smallest absolute Gasteiger partial charge is 0.377 e. The highest BCUT2D eigenvalue weighted by Gasteiger charge is 2.39. The zero-order valence-electron chi connectivity index (χ0n) is 22.1. The fraction of sp³-hybridized carbons (Fsp3) is 1.00. The molecule has 0 aromatic heterocycles. The van der Waals surface area contributed by atoms with Crippen molar-refractivity contribution in [2.24, 2.45) is 0 Å². The van der Waals surface area contributed by atoms with E-state index in [1.54, 1.807) is 21.3 Å². The molecule has 0 spiro atoms. The van der Waals surface area contributed by atoms with Gasteiger partial charge in [0.05, 0.1) is 0 Å².